The summed E-state index contributed by atoms with van der Waals surface area (Å²) in [6.45, 7) is 1.04. The normalized spacial score (nSPS) is 11.6. The largest absolute Gasteiger partial charge is 0.573 e. The van der Waals surface area contributed by atoms with Gasteiger partial charge in [-0.05, 0) is 17.7 Å². The number of methoxy groups -OCH3 is 1. The van der Waals surface area contributed by atoms with Gasteiger partial charge in [0.25, 0.3) is 0 Å². The van der Waals surface area contributed by atoms with Crippen molar-refractivity contribution in [1.82, 2.24) is 9.78 Å². The second kappa shape index (κ2) is 6.04. The van der Waals surface area contributed by atoms with Crippen LogP contribution in [-0.2, 0) is 11.3 Å². The average molecular weight is 302 g/mol. The van der Waals surface area contributed by atoms with E-state index in [-0.39, 0.29) is 0 Å². The molecule has 2 aromatic rings. The molecule has 0 spiro atoms. The number of ether oxygens (including phenoxy) is 2. The van der Waals surface area contributed by atoms with Crippen molar-refractivity contribution in [2.24, 2.45) is 0 Å². The molecule has 0 saturated heterocycles. The smallest absolute Gasteiger partial charge is 0.504 e. The van der Waals surface area contributed by atoms with Crippen molar-refractivity contribution < 1.29 is 27.8 Å². The molecule has 0 aliphatic carbocycles. The Morgan fingerprint density at radius 3 is 2.67 bits per heavy atom. The Hall–Kier alpha value is -2.22. The van der Waals surface area contributed by atoms with Crippen LogP contribution in [0.3, 0.4) is 0 Å². The fourth-order valence-corrected chi connectivity index (χ4v) is 1.73. The molecular formula is C13H13F3N2O3. The Morgan fingerprint density at radius 1 is 1.29 bits per heavy atom. The number of aromatic nitrogens is 2. The standard InChI is InChI=1S/C13H13F3N2O3/c1-20-5-4-18-8-10(7-17-18)9-2-3-12(11(19)6-9)21-13(14,15)16/h2-3,6-8,19H,4-5H2,1H3. The van der Waals surface area contributed by atoms with E-state index in [0.717, 1.165) is 6.07 Å². The van der Waals surface area contributed by atoms with Gasteiger partial charge in [-0.15, -0.1) is 13.2 Å². The summed E-state index contributed by atoms with van der Waals surface area (Å²) in [4.78, 5) is 0. The van der Waals surface area contributed by atoms with Crippen molar-refractivity contribution in [2.75, 3.05) is 13.7 Å². The number of phenols is 1. The third-order valence-electron chi connectivity index (χ3n) is 2.68. The molecule has 0 atom stereocenters. The average Bonchev–Trinajstić information content (AvgIpc) is 2.86. The topological polar surface area (TPSA) is 56.5 Å². The molecule has 1 N–H and O–H groups in total. The molecule has 0 saturated carbocycles. The summed E-state index contributed by atoms with van der Waals surface area (Å²) >= 11 is 0. The van der Waals surface area contributed by atoms with E-state index in [0.29, 0.717) is 24.3 Å². The quantitative estimate of drug-likeness (QED) is 0.922. The van der Waals surface area contributed by atoms with Crippen molar-refractivity contribution in [2.45, 2.75) is 12.9 Å². The number of halogens is 3. The first-order valence-electron chi connectivity index (χ1n) is 5.99. The van der Waals surface area contributed by atoms with Gasteiger partial charge in [0, 0.05) is 18.9 Å². The molecule has 2 rings (SSSR count). The van der Waals surface area contributed by atoms with E-state index >= 15 is 0 Å². The zero-order valence-electron chi connectivity index (χ0n) is 11.1. The molecule has 21 heavy (non-hydrogen) atoms. The van der Waals surface area contributed by atoms with Crippen LogP contribution in [0.5, 0.6) is 11.5 Å². The molecule has 0 fully saturated rings. The first-order valence-corrected chi connectivity index (χ1v) is 5.99. The second-order valence-corrected chi connectivity index (χ2v) is 4.22. The maximum absolute atomic E-state index is 12.1. The van der Waals surface area contributed by atoms with Crippen LogP contribution < -0.4 is 4.74 Å². The summed E-state index contributed by atoms with van der Waals surface area (Å²) in [5.41, 5.74) is 1.20. The van der Waals surface area contributed by atoms with Crippen LogP contribution in [0.4, 0.5) is 13.2 Å². The molecule has 1 heterocycles. The predicted octanol–water partition coefficient (Wildman–Crippen LogP) is 2.80. The minimum atomic E-state index is -4.84. The van der Waals surface area contributed by atoms with Gasteiger partial charge in [0.1, 0.15) is 0 Å². The Kier molecular flexibility index (Phi) is 4.37. The summed E-state index contributed by atoms with van der Waals surface area (Å²) < 4.78 is 46.6. The monoisotopic (exact) mass is 302 g/mol. The Labute approximate surface area is 118 Å². The number of nitrogens with zero attached hydrogens (tertiary/aromatic N) is 2. The van der Waals surface area contributed by atoms with Gasteiger partial charge in [-0.1, -0.05) is 6.07 Å². The number of benzene rings is 1. The van der Waals surface area contributed by atoms with Gasteiger partial charge < -0.3 is 14.6 Å². The fraction of sp³-hybridized carbons (Fsp3) is 0.308. The number of alkyl halides is 3. The van der Waals surface area contributed by atoms with E-state index in [2.05, 4.69) is 9.84 Å². The van der Waals surface area contributed by atoms with Crippen molar-refractivity contribution in [3.8, 4) is 22.6 Å². The predicted molar refractivity (Wildman–Crippen MR) is 67.9 cm³/mol. The van der Waals surface area contributed by atoms with Crippen molar-refractivity contribution in [1.29, 1.82) is 0 Å². The first kappa shape index (κ1) is 15.2. The maximum Gasteiger partial charge on any atom is 0.573 e. The highest BCUT2D eigenvalue weighted by Crippen LogP contribution is 2.34. The molecule has 1 aromatic carbocycles. The molecule has 0 amide bonds. The number of phenolic OH excluding ortho intramolecular Hbond substituents is 1. The molecule has 8 heteroatoms. The van der Waals surface area contributed by atoms with Crippen molar-refractivity contribution in [3.05, 3.63) is 30.6 Å². The van der Waals surface area contributed by atoms with Crippen LogP contribution in [0.1, 0.15) is 0 Å². The van der Waals surface area contributed by atoms with Crippen LogP contribution in [0.2, 0.25) is 0 Å². The third-order valence-corrected chi connectivity index (χ3v) is 2.68. The molecule has 5 nitrogen and oxygen atoms in total. The number of hydrogen-bond acceptors (Lipinski definition) is 4. The molecule has 0 aliphatic heterocycles. The van der Waals surface area contributed by atoms with Crippen LogP contribution in [-0.4, -0.2) is 35.0 Å². The molecular weight excluding hydrogens is 289 g/mol. The summed E-state index contributed by atoms with van der Waals surface area (Å²) in [6.07, 6.45) is -1.59. The summed E-state index contributed by atoms with van der Waals surface area (Å²) in [7, 11) is 1.57. The van der Waals surface area contributed by atoms with Gasteiger partial charge in [-0.2, -0.15) is 5.10 Å². The van der Waals surface area contributed by atoms with E-state index in [9.17, 15) is 18.3 Å². The SMILES string of the molecule is COCCn1cc(-c2ccc(OC(F)(F)F)c(O)c2)cn1. The Morgan fingerprint density at radius 2 is 2.05 bits per heavy atom. The van der Waals surface area contributed by atoms with E-state index in [1.54, 1.807) is 24.2 Å². The van der Waals surface area contributed by atoms with E-state index in [4.69, 9.17) is 4.74 Å². The highest BCUT2D eigenvalue weighted by molar-refractivity contribution is 5.65. The van der Waals surface area contributed by atoms with Crippen LogP contribution in [0.15, 0.2) is 30.6 Å². The van der Waals surface area contributed by atoms with E-state index in [1.807, 2.05) is 0 Å². The maximum atomic E-state index is 12.1. The minimum absolute atomic E-state index is 0.491. The zero-order valence-corrected chi connectivity index (χ0v) is 11.1. The van der Waals surface area contributed by atoms with Gasteiger partial charge in [0.05, 0.1) is 19.3 Å². The van der Waals surface area contributed by atoms with Gasteiger partial charge in [0.2, 0.25) is 0 Å². The fourth-order valence-electron chi connectivity index (χ4n) is 1.73. The Balaban J connectivity index is 2.17. The summed E-state index contributed by atoms with van der Waals surface area (Å²) in [6, 6.07) is 3.67. The first-order chi connectivity index (χ1) is 9.89. The van der Waals surface area contributed by atoms with Crippen LogP contribution in [0, 0.1) is 0 Å². The lowest BCUT2D eigenvalue weighted by atomic mass is 10.1. The molecule has 1 aromatic heterocycles. The van der Waals surface area contributed by atoms with Gasteiger partial charge in [0.15, 0.2) is 11.5 Å². The van der Waals surface area contributed by atoms with Crippen molar-refractivity contribution >= 4 is 0 Å². The lowest BCUT2D eigenvalue weighted by molar-refractivity contribution is -0.275. The second-order valence-electron chi connectivity index (χ2n) is 4.22. The molecule has 0 unspecified atom stereocenters. The highest BCUT2D eigenvalue weighted by atomic mass is 19.4. The van der Waals surface area contributed by atoms with Crippen molar-refractivity contribution in [3.63, 3.8) is 0 Å². The van der Waals surface area contributed by atoms with E-state index < -0.39 is 17.9 Å². The molecule has 114 valence electrons. The van der Waals surface area contributed by atoms with Gasteiger partial charge >= 0.3 is 6.36 Å². The molecule has 0 aliphatic rings. The van der Waals surface area contributed by atoms with E-state index in [1.165, 1.54) is 12.1 Å². The van der Waals surface area contributed by atoms with Gasteiger partial charge in [-0.3, -0.25) is 4.68 Å². The van der Waals surface area contributed by atoms with Crippen LogP contribution in [0.25, 0.3) is 11.1 Å². The molecule has 0 bridgehead atoms. The number of aromatic hydroxyl groups is 1. The minimum Gasteiger partial charge on any atom is -0.504 e. The lowest BCUT2D eigenvalue weighted by Gasteiger charge is -2.10. The molecule has 0 radical (unpaired) electrons. The summed E-state index contributed by atoms with van der Waals surface area (Å²) in [5.74, 6) is -1.23. The Bertz CT molecular complexity index is 611. The number of rotatable bonds is 5. The zero-order chi connectivity index (χ0) is 15.5. The summed E-state index contributed by atoms with van der Waals surface area (Å²) in [5, 5.41) is 13.7. The lowest BCUT2D eigenvalue weighted by Crippen LogP contribution is -2.17. The highest BCUT2D eigenvalue weighted by Gasteiger charge is 2.32. The van der Waals surface area contributed by atoms with Gasteiger partial charge in [-0.25, -0.2) is 0 Å². The third kappa shape index (κ3) is 4.12. The van der Waals surface area contributed by atoms with Crippen LogP contribution >= 0.6 is 0 Å². The number of hydrogen-bond donors (Lipinski definition) is 1.